The number of nitrogens with zero attached hydrogens (tertiary/aromatic N) is 2. The third kappa shape index (κ3) is 3.68. The first-order chi connectivity index (χ1) is 13.4. The van der Waals surface area contributed by atoms with E-state index in [1.165, 1.54) is 12.1 Å². The van der Waals surface area contributed by atoms with Crippen LogP contribution in [0.25, 0.3) is 0 Å². The van der Waals surface area contributed by atoms with E-state index in [-0.39, 0.29) is 17.1 Å². The van der Waals surface area contributed by atoms with Crippen molar-refractivity contribution in [3.8, 4) is 0 Å². The number of halogens is 1. The second-order valence-corrected chi connectivity index (χ2v) is 8.41. The number of rotatable bonds is 3. The highest BCUT2D eigenvalue weighted by Crippen LogP contribution is 2.28. The second kappa shape index (κ2) is 7.20. The lowest BCUT2D eigenvalue weighted by Gasteiger charge is -2.32. The van der Waals surface area contributed by atoms with Gasteiger partial charge in [0.2, 0.25) is 0 Å². The summed E-state index contributed by atoms with van der Waals surface area (Å²) in [5, 5.41) is 0. The molecule has 0 unspecified atom stereocenters. The number of benzene rings is 3. The molecule has 0 saturated heterocycles. The van der Waals surface area contributed by atoms with Crippen LogP contribution >= 0.6 is 0 Å². The van der Waals surface area contributed by atoms with E-state index >= 15 is 0 Å². The predicted molar refractivity (Wildman–Crippen MR) is 109 cm³/mol. The Bertz CT molecular complexity index is 1140. The maximum atomic E-state index is 13.7. The van der Waals surface area contributed by atoms with Crippen molar-refractivity contribution in [2.75, 3.05) is 4.90 Å². The molecule has 1 aliphatic rings. The molecule has 1 aliphatic heterocycles. The van der Waals surface area contributed by atoms with E-state index in [0.29, 0.717) is 12.4 Å². The highest BCUT2D eigenvalue weighted by atomic mass is 32.2. The Labute approximate surface area is 164 Å². The van der Waals surface area contributed by atoms with Crippen molar-refractivity contribution in [3.63, 3.8) is 0 Å². The standard InChI is InChI=1S/C22H19FN2O2S/c1-16-7-11-21(12-8-16)28(26,27)24-22-14-18-13-19(23)10-9-17(18)15-25(22)20-5-3-2-4-6-20/h2-13H,14-15H2,1H3. The summed E-state index contributed by atoms with van der Waals surface area (Å²) in [6.07, 6.45) is 0.243. The van der Waals surface area contributed by atoms with Gasteiger partial charge in [-0.05, 0) is 54.4 Å². The molecule has 4 nitrogen and oxygen atoms in total. The Morgan fingerprint density at radius 3 is 2.36 bits per heavy atom. The molecular formula is C22H19FN2O2S. The minimum absolute atomic E-state index is 0.142. The van der Waals surface area contributed by atoms with E-state index in [1.54, 1.807) is 30.3 Å². The minimum atomic E-state index is -3.88. The molecule has 6 heteroatoms. The molecule has 1 heterocycles. The van der Waals surface area contributed by atoms with E-state index in [4.69, 9.17) is 0 Å². The lowest BCUT2D eigenvalue weighted by molar-refractivity contribution is 0.597. The van der Waals surface area contributed by atoms with E-state index in [2.05, 4.69) is 4.40 Å². The van der Waals surface area contributed by atoms with Gasteiger partial charge in [0, 0.05) is 18.7 Å². The molecule has 0 spiro atoms. The fourth-order valence-electron chi connectivity index (χ4n) is 3.27. The van der Waals surface area contributed by atoms with E-state index in [1.807, 2.05) is 42.2 Å². The summed E-state index contributed by atoms with van der Waals surface area (Å²) in [5.74, 6) is 0.0394. The van der Waals surface area contributed by atoms with Crippen molar-refractivity contribution in [1.82, 2.24) is 0 Å². The van der Waals surface area contributed by atoms with Crippen molar-refractivity contribution in [1.29, 1.82) is 0 Å². The van der Waals surface area contributed by atoms with Crippen LogP contribution in [-0.2, 0) is 23.0 Å². The van der Waals surface area contributed by atoms with Gasteiger partial charge in [-0.1, -0.05) is 42.0 Å². The first kappa shape index (κ1) is 18.4. The van der Waals surface area contributed by atoms with Gasteiger partial charge in [0.05, 0.1) is 4.90 Å². The summed E-state index contributed by atoms with van der Waals surface area (Å²) in [6, 6.07) is 20.7. The number of sulfonamides is 1. The third-order valence-corrected chi connectivity index (χ3v) is 6.09. The summed E-state index contributed by atoms with van der Waals surface area (Å²) in [5.41, 5.74) is 3.52. The Balaban J connectivity index is 1.81. The van der Waals surface area contributed by atoms with Crippen molar-refractivity contribution >= 4 is 21.5 Å². The second-order valence-electron chi connectivity index (χ2n) is 6.81. The summed E-state index contributed by atoms with van der Waals surface area (Å²) >= 11 is 0. The maximum absolute atomic E-state index is 13.7. The van der Waals surface area contributed by atoms with Crippen LogP contribution in [0.5, 0.6) is 0 Å². The van der Waals surface area contributed by atoms with Crippen LogP contribution in [-0.4, -0.2) is 14.3 Å². The zero-order valence-corrected chi connectivity index (χ0v) is 16.2. The van der Waals surface area contributed by atoms with Gasteiger partial charge in [-0.3, -0.25) is 0 Å². The lowest BCUT2D eigenvalue weighted by atomic mass is 9.98. The van der Waals surface area contributed by atoms with Crippen LogP contribution in [0.1, 0.15) is 16.7 Å². The number of hydrogen-bond donors (Lipinski definition) is 0. The molecule has 0 amide bonds. The fourth-order valence-corrected chi connectivity index (χ4v) is 4.30. The summed E-state index contributed by atoms with van der Waals surface area (Å²) in [7, 11) is -3.88. The normalized spacial score (nSPS) is 15.5. The average Bonchev–Trinajstić information content (AvgIpc) is 2.68. The van der Waals surface area contributed by atoms with Crippen molar-refractivity contribution in [2.45, 2.75) is 24.8 Å². The molecule has 0 fully saturated rings. The maximum Gasteiger partial charge on any atom is 0.283 e. The van der Waals surface area contributed by atoms with Crippen molar-refractivity contribution in [2.24, 2.45) is 4.40 Å². The van der Waals surface area contributed by atoms with Crippen molar-refractivity contribution < 1.29 is 12.8 Å². The molecule has 4 rings (SSSR count). The molecule has 0 aliphatic carbocycles. The van der Waals surface area contributed by atoms with Gasteiger partial charge < -0.3 is 4.90 Å². The van der Waals surface area contributed by atoms with Gasteiger partial charge in [0.15, 0.2) is 0 Å². The number of hydrogen-bond acceptors (Lipinski definition) is 2. The van der Waals surface area contributed by atoms with E-state index in [9.17, 15) is 12.8 Å². The Morgan fingerprint density at radius 2 is 1.64 bits per heavy atom. The quantitative estimate of drug-likeness (QED) is 0.658. The molecule has 28 heavy (non-hydrogen) atoms. The van der Waals surface area contributed by atoms with E-state index in [0.717, 1.165) is 22.4 Å². The Morgan fingerprint density at radius 1 is 0.929 bits per heavy atom. The molecule has 0 radical (unpaired) electrons. The summed E-state index contributed by atoms with van der Waals surface area (Å²) in [4.78, 5) is 2.01. The third-order valence-electron chi connectivity index (χ3n) is 4.77. The molecule has 0 aromatic heterocycles. The molecule has 0 bridgehead atoms. The van der Waals surface area contributed by atoms with E-state index < -0.39 is 10.0 Å². The number of para-hydroxylation sites is 1. The largest absolute Gasteiger partial charge is 0.324 e. The van der Waals surface area contributed by atoms with Gasteiger partial charge in [-0.2, -0.15) is 8.42 Å². The SMILES string of the molecule is Cc1ccc(S(=O)(=O)N=C2Cc3cc(F)ccc3CN2c2ccccc2)cc1. The molecule has 142 valence electrons. The van der Waals surface area contributed by atoms with Gasteiger partial charge in [0.25, 0.3) is 10.0 Å². The van der Waals surface area contributed by atoms with Crippen LogP contribution in [0.15, 0.2) is 82.1 Å². The van der Waals surface area contributed by atoms with Gasteiger partial charge in [0.1, 0.15) is 11.7 Å². The van der Waals surface area contributed by atoms with Crippen LogP contribution < -0.4 is 4.90 Å². The predicted octanol–water partition coefficient (Wildman–Crippen LogP) is 4.48. The highest BCUT2D eigenvalue weighted by molar-refractivity contribution is 7.90. The number of aryl methyl sites for hydroxylation is 1. The smallest absolute Gasteiger partial charge is 0.283 e. The monoisotopic (exact) mass is 394 g/mol. The topological polar surface area (TPSA) is 49.7 Å². The Kier molecular flexibility index (Phi) is 4.73. The lowest BCUT2D eigenvalue weighted by Crippen LogP contribution is -2.37. The molecule has 0 N–H and O–H groups in total. The zero-order valence-electron chi connectivity index (χ0n) is 15.3. The first-order valence-corrected chi connectivity index (χ1v) is 10.4. The number of amidine groups is 1. The molecular weight excluding hydrogens is 375 g/mol. The minimum Gasteiger partial charge on any atom is -0.324 e. The number of anilines is 1. The van der Waals surface area contributed by atoms with Gasteiger partial charge >= 0.3 is 0 Å². The van der Waals surface area contributed by atoms with Crippen LogP contribution in [0.4, 0.5) is 10.1 Å². The van der Waals surface area contributed by atoms with Crippen molar-refractivity contribution in [3.05, 3.63) is 95.3 Å². The average molecular weight is 394 g/mol. The van der Waals surface area contributed by atoms with Gasteiger partial charge in [-0.15, -0.1) is 4.40 Å². The molecule has 3 aromatic rings. The molecule has 3 aromatic carbocycles. The zero-order chi connectivity index (χ0) is 19.7. The summed E-state index contributed by atoms with van der Waals surface area (Å²) in [6.45, 7) is 2.33. The first-order valence-electron chi connectivity index (χ1n) is 8.93. The van der Waals surface area contributed by atoms with Crippen LogP contribution in [0.3, 0.4) is 0 Å². The Hall–Kier alpha value is -2.99. The number of fused-ring (bicyclic) bond motifs is 1. The summed E-state index contributed by atoms with van der Waals surface area (Å²) < 4.78 is 43.6. The van der Waals surface area contributed by atoms with Gasteiger partial charge in [-0.25, -0.2) is 4.39 Å². The van der Waals surface area contributed by atoms with Crippen LogP contribution in [0.2, 0.25) is 0 Å². The fraction of sp³-hybridized carbons (Fsp3) is 0.136. The van der Waals surface area contributed by atoms with Crippen LogP contribution in [0, 0.1) is 12.7 Å². The molecule has 0 atom stereocenters. The molecule has 0 saturated carbocycles. The highest BCUT2D eigenvalue weighted by Gasteiger charge is 2.26.